The number of hydrogen-bond donors (Lipinski definition) is 1. The van der Waals surface area contributed by atoms with Crippen molar-refractivity contribution in [2.24, 2.45) is 11.3 Å². The van der Waals surface area contributed by atoms with Gasteiger partial charge < -0.3 is 10.2 Å². The van der Waals surface area contributed by atoms with Crippen LogP contribution in [-0.2, 0) is 4.79 Å². The van der Waals surface area contributed by atoms with E-state index in [9.17, 15) is 4.79 Å². The first-order valence-electron chi connectivity index (χ1n) is 7.72. The van der Waals surface area contributed by atoms with Crippen molar-refractivity contribution >= 4 is 5.91 Å². The van der Waals surface area contributed by atoms with Crippen LogP contribution < -0.4 is 5.32 Å². The Morgan fingerprint density at radius 1 is 1.17 bits per heavy atom. The second-order valence-corrected chi connectivity index (χ2v) is 6.67. The molecule has 1 spiro atoms. The van der Waals surface area contributed by atoms with Gasteiger partial charge in [0.2, 0.25) is 5.91 Å². The fourth-order valence-corrected chi connectivity index (χ4v) is 4.26. The van der Waals surface area contributed by atoms with Gasteiger partial charge in [0.15, 0.2) is 0 Å². The van der Waals surface area contributed by atoms with E-state index < -0.39 is 0 Å². The van der Waals surface area contributed by atoms with E-state index in [-0.39, 0.29) is 5.92 Å². The van der Waals surface area contributed by atoms with Crippen LogP contribution in [0.25, 0.3) is 0 Å². The number of hydrogen-bond acceptors (Lipinski definition) is 2. The van der Waals surface area contributed by atoms with Crippen LogP contribution >= 0.6 is 0 Å². The highest BCUT2D eigenvalue weighted by molar-refractivity contribution is 5.80. The molecule has 2 unspecified atom stereocenters. The smallest absolute Gasteiger partial charge is 0.227 e. The van der Waals surface area contributed by atoms with Crippen LogP contribution in [0.2, 0.25) is 0 Å². The third-order valence-corrected chi connectivity index (χ3v) is 5.64. The van der Waals surface area contributed by atoms with Gasteiger partial charge in [-0.25, -0.2) is 0 Å². The lowest BCUT2D eigenvalue weighted by molar-refractivity contribution is -0.138. The highest BCUT2D eigenvalue weighted by Gasteiger charge is 2.40. The summed E-state index contributed by atoms with van der Waals surface area (Å²) < 4.78 is 0. The lowest BCUT2D eigenvalue weighted by Crippen LogP contribution is -2.46. The molecule has 2 atom stereocenters. The average Bonchev–Trinajstić information content (AvgIpc) is 2.99. The number of carbonyl (C=O) groups excluding carboxylic acids is 1. The van der Waals surface area contributed by atoms with Crippen molar-refractivity contribution in [3.8, 4) is 0 Å². The zero-order valence-corrected chi connectivity index (χ0v) is 11.6. The van der Waals surface area contributed by atoms with Crippen LogP contribution in [0, 0.1) is 11.3 Å². The molecule has 1 aliphatic carbocycles. The Labute approximate surface area is 110 Å². The Morgan fingerprint density at radius 3 is 2.39 bits per heavy atom. The van der Waals surface area contributed by atoms with Gasteiger partial charge in [0.05, 0.1) is 5.92 Å². The van der Waals surface area contributed by atoms with E-state index in [0.29, 0.717) is 17.4 Å². The summed E-state index contributed by atoms with van der Waals surface area (Å²) in [5.74, 6) is 0.656. The van der Waals surface area contributed by atoms with Crippen LogP contribution in [-0.4, -0.2) is 36.5 Å². The summed E-state index contributed by atoms with van der Waals surface area (Å²) in [4.78, 5) is 14.7. The molecule has 0 aromatic heterocycles. The molecule has 1 amide bonds. The maximum absolute atomic E-state index is 12.5. The molecule has 3 heteroatoms. The Morgan fingerprint density at radius 2 is 1.83 bits per heavy atom. The third-order valence-electron chi connectivity index (χ3n) is 5.64. The molecular formula is C15H26N2O. The first-order valence-corrected chi connectivity index (χ1v) is 7.72. The van der Waals surface area contributed by atoms with Crippen molar-refractivity contribution in [3.05, 3.63) is 0 Å². The molecular weight excluding hydrogens is 224 g/mol. The molecule has 3 fully saturated rings. The molecule has 2 aliphatic heterocycles. The average molecular weight is 250 g/mol. The Bertz CT molecular complexity index is 312. The van der Waals surface area contributed by atoms with Crippen LogP contribution in [0.3, 0.4) is 0 Å². The van der Waals surface area contributed by atoms with Crippen LogP contribution in [0.1, 0.15) is 51.9 Å². The lowest BCUT2D eigenvalue weighted by atomic mass is 9.77. The van der Waals surface area contributed by atoms with Gasteiger partial charge >= 0.3 is 0 Å². The van der Waals surface area contributed by atoms with E-state index in [1.54, 1.807) is 0 Å². The maximum atomic E-state index is 12.5. The molecule has 3 rings (SSSR count). The summed E-state index contributed by atoms with van der Waals surface area (Å²) in [5.41, 5.74) is 0.621. The summed E-state index contributed by atoms with van der Waals surface area (Å²) in [5, 5.41) is 3.39. The Kier molecular flexibility index (Phi) is 3.35. The lowest BCUT2D eigenvalue weighted by Gasteiger charge is -2.40. The molecule has 0 aromatic carbocycles. The van der Waals surface area contributed by atoms with Gasteiger partial charge in [-0.15, -0.1) is 0 Å². The van der Waals surface area contributed by atoms with Crippen molar-refractivity contribution in [3.63, 3.8) is 0 Å². The number of amides is 1. The predicted octanol–water partition coefficient (Wildman–Crippen LogP) is 2.17. The second kappa shape index (κ2) is 4.84. The van der Waals surface area contributed by atoms with Crippen molar-refractivity contribution in [1.29, 1.82) is 0 Å². The molecule has 18 heavy (non-hydrogen) atoms. The third kappa shape index (κ3) is 2.18. The van der Waals surface area contributed by atoms with Crippen LogP contribution in [0.4, 0.5) is 0 Å². The molecule has 2 heterocycles. The van der Waals surface area contributed by atoms with Crippen molar-refractivity contribution in [2.75, 3.05) is 19.6 Å². The zero-order valence-electron chi connectivity index (χ0n) is 11.6. The largest absolute Gasteiger partial charge is 0.342 e. The quantitative estimate of drug-likeness (QED) is 0.773. The van der Waals surface area contributed by atoms with E-state index >= 15 is 0 Å². The molecule has 1 saturated carbocycles. The summed E-state index contributed by atoms with van der Waals surface area (Å²) in [6.45, 7) is 5.19. The maximum Gasteiger partial charge on any atom is 0.227 e. The molecule has 1 N–H and O–H groups in total. The summed E-state index contributed by atoms with van der Waals surface area (Å²) >= 11 is 0. The Balaban J connectivity index is 1.57. The highest BCUT2D eigenvalue weighted by atomic mass is 16.2. The van der Waals surface area contributed by atoms with Crippen molar-refractivity contribution in [1.82, 2.24) is 10.2 Å². The van der Waals surface area contributed by atoms with Crippen molar-refractivity contribution < 1.29 is 4.79 Å². The van der Waals surface area contributed by atoms with E-state index in [1.807, 2.05) is 0 Å². The first-order chi connectivity index (χ1) is 8.70. The van der Waals surface area contributed by atoms with Gasteiger partial charge in [-0.2, -0.15) is 0 Å². The molecule has 0 aromatic rings. The molecule has 3 nitrogen and oxygen atoms in total. The normalized spacial score (nSPS) is 35.3. The van der Waals surface area contributed by atoms with Gasteiger partial charge in [-0.05, 0) is 51.0 Å². The van der Waals surface area contributed by atoms with Gasteiger partial charge in [-0.3, -0.25) is 4.79 Å². The SMILES string of the molecule is CC1NCCC1C(=O)N1CCC2(CCCC2)CC1. The minimum Gasteiger partial charge on any atom is -0.342 e. The van der Waals surface area contributed by atoms with Gasteiger partial charge in [0, 0.05) is 19.1 Å². The monoisotopic (exact) mass is 250 g/mol. The van der Waals surface area contributed by atoms with Gasteiger partial charge in [0.1, 0.15) is 0 Å². The standard InChI is InChI=1S/C15H26N2O/c1-12-13(4-9-16-12)14(18)17-10-7-15(8-11-17)5-2-3-6-15/h12-13,16H,2-11H2,1H3. The number of rotatable bonds is 1. The Hall–Kier alpha value is -0.570. The summed E-state index contributed by atoms with van der Waals surface area (Å²) in [7, 11) is 0. The second-order valence-electron chi connectivity index (χ2n) is 6.67. The summed E-state index contributed by atoms with van der Waals surface area (Å²) in [6.07, 6.45) is 9.20. The number of likely N-dealkylation sites (tertiary alicyclic amines) is 1. The zero-order chi connectivity index (χ0) is 12.6. The number of carbonyl (C=O) groups is 1. The van der Waals surface area contributed by atoms with Crippen LogP contribution in [0.5, 0.6) is 0 Å². The molecule has 3 aliphatic rings. The van der Waals surface area contributed by atoms with E-state index in [4.69, 9.17) is 0 Å². The molecule has 0 bridgehead atoms. The molecule has 102 valence electrons. The van der Waals surface area contributed by atoms with E-state index in [1.165, 1.54) is 38.5 Å². The highest BCUT2D eigenvalue weighted by Crippen LogP contribution is 2.46. The number of nitrogens with zero attached hydrogens (tertiary/aromatic N) is 1. The summed E-state index contributed by atoms with van der Waals surface area (Å²) in [6, 6.07) is 0.375. The minimum absolute atomic E-state index is 0.239. The molecule has 2 saturated heterocycles. The number of nitrogens with one attached hydrogen (secondary N) is 1. The van der Waals surface area contributed by atoms with E-state index in [2.05, 4.69) is 17.1 Å². The topological polar surface area (TPSA) is 32.3 Å². The number of piperidine rings is 1. The van der Waals surface area contributed by atoms with Gasteiger partial charge in [0.25, 0.3) is 0 Å². The van der Waals surface area contributed by atoms with Crippen LogP contribution in [0.15, 0.2) is 0 Å². The first kappa shape index (κ1) is 12.5. The predicted molar refractivity (Wildman–Crippen MR) is 72.3 cm³/mol. The van der Waals surface area contributed by atoms with E-state index in [0.717, 1.165) is 26.1 Å². The van der Waals surface area contributed by atoms with Gasteiger partial charge in [-0.1, -0.05) is 12.8 Å². The fourth-order valence-electron chi connectivity index (χ4n) is 4.26. The van der Waals surface area contributed by atoms with Crippen molar-refractivity contribution in [2.45, 2.75) is 57.9 Å². The molecule has 0 radical (unpaired) electrons. The minimum atomic E-state index is 0.239. The fraction of sp³-hybridized carbons (Fsp3) is 0.933.